The molecule has 0 saturated carbocycles. The summed E-state index contributed by atoms with van der Waals surface area (Å²) in [6, 6.07) is 5.51. The van der Waals surface area contributed by atoms with Gasteiger partial charge < -0.3 is 14.7 Å². The van der Waals surface area contributed by atoms with Gasteiger partial charge in [0.1, 0.15) is 12.4 Å². The van der Waals surface area contributed by atoms with Crippen LogP contribution in [-0.2, 0) is 4.79 Å². The van der Waals surface area contributed by atoms with Gasteiger partial charge in [0.2, 0.25) is 0 Å². The van der Waals surface area contributed by atoms with Gasteiger partial charge in [-0.15, -0.1) is 0 Å². The molecule has 0 amide bonds. The number of carboxylic acid groups (broad SMARTS) is 1. The van der Waals surface area contributed by atoms with Gasteiger partial charge in [-0.2, -0.15) is 0 Å². The number of aliphatic carboxylic acids is 1. The van der Waals surface area contributed by atoms with Crippen molar-refractivity contribution in [2.75, 3.05) is 26.2 Å². The van der Waals surface area contributed by atoms with Crippen LogP contribution in [0.5, 0.6) is 5.75 Å². The lowest BCUT2D eigenvalue weighted by atomic mass is 10.2. The van der Waals surface area contributed by atoms with Crippen molar-refractivity contribution in [1.29, 1.82) is 0 Å². The maximum atomic E-state index is 10.5. The number of carboxylic acids is 1. The van der Waals surface area contributed by atoms with E-state index in [1.54, 1.807) is 6.08 Å². The third-order valence-corrected chi connectivity index (χ3v) is 3.55. The van der Waals surface area contributed by atoms with Crippen LogP contribution in [0, 0.1) is 0 Å². The zero-order chi connectivity index (χ0) is 15.0. The van der Waals surface area contributed by atoms with Gasteiger partial charge in [-0.05, 0) is 52.8 Å². The first-order valence-corrected chi connectivity index (χ1v) is 7.41. The first-order chi connectivity index (χ1) is 9.56. The smallest absolute Gasteiger partial charge is 0.328 e. The number of rotatable bonds is 8. The van der Waals surface area contributed by atoms with Crippen molar-refractivity contribution in [1.82, 2.24) is 4.90 Å². The summed E-state index contributed by atoms with van der Waals surface area (Å²) in [6.07, 6.45) is 2.66. The summed E-state index contributed by atoms with van der Waals surface area (Å²) in [6.45, 7) is 7.80. The number of likely N-dealkylation sites (N-methyl/N-ethyl adjacent to an activating group) is 1. The van der Waals surface area contributed by atoms with E-state index in [9.17, 15) is 4.79 Å². The van der Waals surface area contributed by atoms with E-state index in [0.29, 0.717) is 6.61 Å². The van der Waals surface area contributed by atoms with Crippen molar-refractivity contribution in [2.24, 2.45) is 0 Å². The summed E-state index contributed by atoms with van der Waals surface area (Å²) in [4.78, 5) is 12.7. The number of hydrogen-bond acceptors (Lipinski definition) is 3. The van der Waals surface area contributed by atoms with E-state index in [1.165, 1.54) is 0 Å². The fourth-order valence-electron chi connectivity index (χ4n) is 1.73. The van der Waals surface area contributed by atoms with Crippen LogP contribution < -0.4 is 4.74 Å². The predicted molar refractivity (Wildman–Crippen MR) is 84.1 cm³/mol. The van der Waals surface area contributed by atoms with E-state index in [0.717, 1.165) is 41.5 Å². The van der Waals surface area contributed by atoms with E-state index in [-0.39, 0.29) is 0 Å². The molecule has 1 aromatic carbocycles. The minimum atomic E-state index is -0.958. The summed E-state index contributed by atoms with van der Waals surface area (Å²) in [5, 5.41) is 8.59. The SMILES string of the molecule is CCN(CC)CCOc1ccc(C=CC(=O)O)cc1Br. The second kappa shape index (κ2) is 8.76. The Balaban J connectivity index is 2.58. The van der Waals surface area contributed by atoms with Gasteiger partial charge in [0.25, 0.3) is 0 Å². The van der Waals surface area contributed by atoms with Crippen molar-refractivity contribution in [3.8, 4) is 5.75 Å². The van der Waals surface area contributed by atoms with Gasteiger partial charge in [-0.3, -0.25) is 0 Å². The molecule has 110 valence electrons. The van der Waals surface area contributed by atoms with Crippen molar-refractivity contribution < 1.29 is 14.6 Å². The first-order valence-electron chi connectivity index (χ1n) is 6.62. The maximum Gasteiger partial charge on any atom is 0.328 e. The van der Waals surface area contributed by atoms with E-state index in [4.69, 9.17) is 9.84 Å². The third-order valence-electron chi connectivity index (χ3n) is 2.93. The molecule has 0 aromatic heterocycles. The zero-order valence-corrected chi connectivity index (χ0v) is 13.4. The molecular formula is C15H20BrNO3. The number of ether oxygens (including phenoxy) is 1. The number of nitrogens with zero attached hydrogens (tertiary/aromatic N) is 1. The van der Waals surface area contributed by atoms with Crippen molar-refractivity contribution >= 4 is 28.0 Å². The monoisotopic (exact) mass is 341 g/mol. The Morgan fingerprint density at radius 1 is 1.40 bits per heavy atom. The number of halogens is 1. The highest BCUT2D eigenvalue weighted by Gasteiger charge is 2.03. The van der Waals surface area contributed by atoms with Crippen molar-refractivity contribution in [3.05, 3.63) is 34.3 Å². The van der Waals surface area contributed by atoms with E-state index in [1.807, 2.05) is 18.2 Å². The maximum absolute atomic E-state index is 10.5. The average molecular weight is 342 g/mol. The second-order valence-corrected chi connectivity index (χ2v) is 5.09. The normalized spacial score (nSPS) is 11.2. The summed E-state index contributed by atoms with van der Waals surface area (Å²) < 4.78 is 6.55. The zero-order valence-electron chi connectivity index (χ0n) is 11.8. The molecule has 1 rings (SSSR count). The molecule has 0 radical (unpaired) electrons. The Labute approximate surface area is 128 Å². The molecule has 5 heteroatoms. The minimum absolute atomic E-state index is 0.630. The van der Waals surface area contributed by atoms with Crippen LogP contribution in [0.4, 0.5) is 0 Å². The van der Waals surface area contributed by atoms with Gasteiger partial charge in [0.15, 0.2) is 0 Å². The molecule has 20 heavy (non-hydrogen) atoms. The summed E-state index contributed by atoms with van der Waals surface area (Å²) in [7, 11) is 0. The highest BCUT2D eigenvalue weighted by atomic mass is 79.9. The Morgan fingerprint density at radius 2 is 2.10 bits per heavy atom. The lowest BCUT2D eigenvalue weighted by Gasteiger charge is -2.18. The van der Waals surface area contributed by atoms with Crippen LogP contribution in [0.3, 0.4) is 0 Å². The van der Waals surface area contributed by atoms with Crippen molar-refractivity contribution in [2.45, 2.75) is 13.8 Å². The molecule has 1 aromatic rings. The highest BCUT2D eigenvalue weighted by Crippen LogP contribution is 2.26. The van der Waals surface area contributed by atoms with Crippen LogP contribution >= 0.6 is 15.9 Å². The Morgan fingerprint density at radius 3 is 2.65 bits per heavy atom. The number of carbonyl (C=O) groups is 1. The third kappa shape index (κ3) is 5.75. The van der Waals surface area contributed by atoms with Crippen molar-refractivity contribution in [3.63, 3.8) is 0 Å². The molecular weight excluding hydrogens is 322 g/mol. The molecule has 0 saturated heterocycles. The number of benzene rings is 1. The quantitative estimate of drug-likeness (QED) is 0.737. The molecule has 1 N–H and O–H groups in total. The van der Waals surface area contributed by atoms with Crippen LogP contribution in [0.1, 0.15) is 19.4 Å². The molecule has 4 nitrogen and oxygen atoms in total. The Kier molecular flexibility index (Phi) is 7.33. The van der Waals surface area contributed by atoms with Gasteiger partial charge in [0.05, 0.1) is 4.47 Å². The molecule has 0 unspecified atom stereocenters. The standard InChI is InChI=1S/C15H20BrNO3/c1-3-17(4-2)9-10-20-14-7-5-12(11-13(14)16)6-8-15(18)19/h5-8,11H,3-4,9-10H2,1-2H3,(H,18,19). The van der Waals surface area contributed by atoms with E-state index in [2.05, 4.69) is 34.7 Å². The Hall–Kier alpha value is -1.33. The van der Waals surface area contributed by atoms with Crippen LogP contribution in [-0.4, -0.2) is 42.2 Å². The topological polar surface area (TPSA) is 49.8 Å². The van der Waals surface area contributed by atoms with Crippen LogP contribution in [0.15, 0.2) is 28.7 Å². The van der Waals surface area contributed by atoms with Gasteiger partial charge >= 0.3 is 5.97 Å². The van der Waals surface area contributed by atoms with Crippen LogP contribution in [0.2, 0.25) is 0 Å². The van der Waals surface area contributed by atoms with Gasteiger partial charge in [0, 0.05) is 12.6 Å². The van der Waals surface area contributed by atoms with Gasteiger partial charge in [-0.1, -0.05) is 19.9 Å². The fourth-order valence-corrected chi connectivity index (χ4v) is 2.24. The Bertz CT molecular complexity index is 470. The number of hydrogen-bond donors (Lipinski definition) is 1. The van der Waals surface area contributed by atoms with E-state index < -0.39 is 5.97 Å². The van der Waals surface area contributed by atoms with E-state index >= 15 is 0 Å². The molecule has 0 fully saturated rings. The molecule has 0 aliphatic heterocycles. The molecule has 0 spiro atoms. The lowest BCUT2D eigenvalue weighted by molar-refractivity contribution is -0.131. The molecule has 0 atom stereocenters. The molecule has 0 aliphatic rings. The molecule has 0 bridgehead atoms. The first kappa shape index (κ1) is 16.7. The van der Waals surface area contributed by atoms with Crippen LogP contribution in [0.25, 0.3) is 6.08 Å². The molecule has 0 aliphatic carbocycles. The summed E-state index contributed by atoms with van der Waals surface area (Å²) >= 11 is 3.44. The minimum Gasteiger partial charge on any atom is -0.491 e. The van der Waals surface area contributed by atoms with Gasteiger partial charge in [-0.25, -0.2) is 4.79 Å². The second-order valence-electron chi connectivity index (χ2n) is 4.24. The predicted octanol–water partition coefficient (Wildman–Crippen LogP) is 3.27. The lowest BCUT2D eigenvalue weighted by Crippen LogP contribution is -2.27. The average Bonchev–Trinajstić information content (AvgIpc) is 2.43. The molecule has 0 heterocycles. The fraction of sp³-hybridized carbons (Fsp3) is 0.400. The highest BCUT2D eigenvalue weighted by molar-refractivity contribution is 9.10. The summed E-state index contributed by atoms with van der Waals surface area (Å²) in [5.74, 6) is -0.190. The largest absolute Gasteiger partial charge is 0.491 e. The summed E-state index contributed by atoms with van der Waals surface area (Å²) in [5.41, 5.74) is 0.815.